The molecule has 3 heteroatoms. The van der Waals surface area contributed by atoms with Crippen molar-refractivity contribution in [3.63, 3.8) is 0 Å². The van der Waals surface area contributed by atoms with Crippen LogP contribution in [-0.4, -0.2) is 31.1 Å². The van der Waals surface area contributed by atoms with Gasteiger partial charge in [0.1, 0.15) is 5.75 Å². The summed E-state index contributed by atoms with van der Waals surface area (Å²) >= 11 is 0. The molecule has 0 amide bonds. The number of rotatable bonds is 10. The minimum absolute atomic E-state index is 0.585. The van der Waals surface area contributed by atoms with Gasteiger partial charge in [0.2, 0.25) is 0 Å². The van der Waals surface area contributed by atoms with Gasteiger partial charge in [0, 0.05) is 19.6 Å². The van der Waals surface area contributed by atoms with Gasteiger partial charge in [-0.15, -0.1) is 0 Å². The molecule has 0 radical (unpaired) electrons. The molecule has 1 atom stereocenters. The van der Waals surface area contributed by atoms with Gasteiger partial charge in [0.05, 0.1) is 6.61 Å². The van der Waals surface area contributed by atoms with Gasteiger partial charge in [-0.25, -0.2) is 0 Å². The lowest BCUT2D eigenvalue weighted by Gasteiger charge is -2.23. The van der Waals surface area contributed by atoms with Crippen molar-refractivity contribution in [2.24, 2.45) is 11.7 Å². The lowest BCUT2D eigenvalue weighted by atomic mass is 10.1. The predicted octanol–water partition coefficient (Wildman–Crippen LogP) is 3.28. The summed E-state index contributed by atoms with van der Waals surface area (Å²) in [5.41, 5.74) is 6.72. The van der Waals surface area contributed by atoms with Crippen molar-refractivity contribution in [3.8, 4) is 5.75 Å². The van der Waals surface area contributed by atoms with E-state index in [1.54, 1.807) is 0 Å². The molecule has 1 aromatic rings. The molecule has 0 fully saturated rings. The first-order chi connectivity index (χ1) is 9.69. The monoisotopic (exact) mass is 278 g/mol. The Hall–Kier alpha value is -1.06. The summed E-state index contributed by atoms with van der Waals surface area (Å²) in [6.45, 7) is 11.6. The molecule has 0 aliphatic rings. The van der Waals surface area contributed by atoms with E-state index in [1.807, 2.05) is 24.3 Å². The standard InChI is InChI=1S/C17H30N2O/c1-4-15(3)14-19(5-2)11-6-12-20-17-9-7-16(13-18)8-10-17/h7-10,15H,4-6,11-14,18H2,1-3H3. The molecule has 2 N–H and O–H groups in total. The van der Waals surface area contributed by atoms with E-state index in [0.29, 0.717) is 6.54 Å². The van der Waals surface area contributed by atoms with Gasteiger partial charge in [0.25, 0.3) is 0 Å². The SMILES string of the molecule is CCC(C)CN(CC)CCCOc1ccc(CN)cc1. The van der Waals surface area contributed by atoms with Gasteiger partial charge in [-0.05, 0) is 36.6 Å². The number of hydrogen-bond acceptors (Lipinski definition) is 3. The summed E-state index contributed by atoms with van der Waals surface area (Å²) in [5.74, 6) is 1.71. The molecule has 0 heterocycles. The van der Waals surface area contributed by atoms with Crippen molar-refractivity contribution in [1.29, 1.82) is 0 Å². The zero-order chi connectivity index (χ0) is 14.8. The van der Waals surface area contributed by atoms with Gasteiger partial charge in [-0.1, -0.05) is 39.3 Å². The molecular formula is C17H30N2O. The summed E-state index contributed by atoms with van der Waals surface area (Å²) in [7, 11) is 0. The van der Waals surface area contributed by atoms with Gasteiger partial charge in [-0.3, -0.25) is 0 Å². The van der Waals surface area contributed by atoms with Crippen molar-refractivity contribution < 1.29 is 4.74 Å². The third-order valence-corrected chi connectivity index (χ3v) is 3.76. The molecule has 0 aliphatic carbocycles. The maximum atomic E-state index is 5.76. The summed E-state index contributed by atoms with van der Waals surface area (Å²) in [5, 5.41) is 0. The van der Waals surface area contributed by atoms with E-state index in [1.165, 1.54) is 13.0 Å². The minimum Gasteiger partial charge on any atom is -0.494 e. The van der Waals surface area contributed by atoms with Crippen molar-refractivity contribution in [3.05, 3.63) is 29.8 Å². The molecule has 3 nitrogen and oxygen atoms in total. The summed E-state index contributed by atoms with van der Waals surface area (Å²) in [6.07, 6.45) is 2.32. The second-order valence-electron chi connectivity index (χ2n) is 5.46. The van der Waals surface area contributed by atoms with Crippen LogP contribution in [0.4, 0.5) is 0 Å². The molecule has 0 spiro atoms. The molecule has 0 bridgehead atoms. The molecule has 0 aliphatic heterocycles. The highest BCUT2D eigenvalue weighted by Gasteiger charge is 2.06. The van der Waals surface area contributed by atoms with Crippen LogP contribution in [0.1, 0.15) is 39.2 Å². The van der Waals surface area contributed by atoms with E-state index < -0.39 is 0 Å². The van der Waals surface area contributed by atoms with Crippen LogP contribution in [0.25, 0.3) is 0 Å². The zero-order valence-electron chi connectivity index (χ0n) is 13.3. The molecule has 0 saturated carbocycles. The average molecular weight is 278 g/mol. The van der Waals surface area contributed by atoms with Crippen LogP contribution in [-0.2, 0) is 6.54 Å². The normalized spacial score (nSPS) is 12.7. The van der Waals surface area contributed by atoms with Gasteiger partial charge in [0.15, 0.2) is 0 Å². The maximum absolute atomic E-state index is 5.76. The fraction of sp³-hybridized carbons (Fsp3) is 0.647. The van der Waals surface area contributed by atoms with Crippen molar-refractivity contribution >= 4 is 0 Å². The Bertz CT molecular complexity index is 351. The first kappa shape index (κ1) is 17.0. The van der Waals surface area contributed by atoms with Crippen LogP contribution in [0.3, 0.4) is 0 Å². The Morgan fingerprint density at radius 2 is 1.90 bits per heavy atom. The van der Waals surface area contributed by atoms with E-state index in [2.05, 4.69) is 25.7 Å². The fourth-order valence-electron chi connectivity index (χ4n) is 2.15. The maximum Gasteiger partial charge on any atom is 0.119 e. The Balaban J connectivity index is 2.22. The van der Waals surface area contributed by atoms with Gasteiger partial charge >= 0.3 is 0 Å². The Kier molecular flexibility index (Phi) is 8.31. The van der Waals surface area contributed by atoms with Crippen LogP contribution in [0, 0.1) is 5.92 Å². The molecule has 1 rings (SSSR count). The second-order valence-corrected chi connectivity index (χ2v) is 5.46. The van der Waals surface area contributed by atoms with Gasteiger partial charge in [-0.2, -0.15) is 0 Å². The topological polar surface area (TPSA) is 38.5 Å². The Morgan fingerprint density at radius 3 is 2.45 bits per heavy atom. The van der Waals surface area contributed by atoms with E-state index in [9.17, 15) is 0 Å². The number of benzene rings is 1. The second kappa shape index (κ2) is 9.78. The minimum atomic E-state index is 0.585. The third-order valence-electron chi connectivity index (χ3n) is 3.76. The molecular weight excluding hydrogens is 248 g/mol. The average Bonchev–Trinajstić information content (AvgIpc) is 2.50. The van der Waals surface area contributed by atoms with E-state index in [0.717, 1.165) is 43.3 Å². The van der Waals surface area contributed by atoms with Crippen LogP contribution >= 0.6 is 0 Å². The van der Waals surface area contributed by atoms with Crippen LogP contribution in [0.15, 0.2) is 24.3 Å². The summed E-state index contributed by atoms with van der Waals surface area (Å²) < 4.78 is 5.76. The first-order valence-electron chi connectivity index (χ1n) is 7.83. The molecule has 0 saturated heterocycles. The molecule has 1 aromatic carbocycles. The first-order valence-corrected chi connectivity index (χ1v) is 7.83. The highest BCUT2D eigenvalue weighted by molar-refractivity contribution is 5.26. The van der Waals surface area contributed by atoms with Crippen molar-refractivity contribution in [1.82, 2.24) is 4.90 Å². The smallest absolute Gasteiger partial charge is 0.119 e. The summed E-state index contributed by atoms with van der Waals surface area (Å²) in [4.78, 5) is 2.51. The molecule has 1 unspecified atom stereocenters. The largest absolute Gasteiger partial charge is 0.494 e. The molecule has 20 heavy (non-hydrogen) atoms. The van der Waals surface area contributed by atoms with E-state index >= 15 is 0 Å². The number of hydrogen-bond donors (Lipinski definition) is 1. The Morgan fingerprint density at radius 1 is 1.20 bits per heavy atom. The quantitative estimate of drug-likeness (QED) is 0.668. The van der Waals surface area contributed by atoms with E-state index in [4.69, 9.17) is 10.5 Å². The zero-order valence-corrected chi connectivity index (χ0v) is 13.3. The van der Waals surface area contributed by atoms with Crippen LogP contribution in [0.2, 0.25) is 0 Å². The van der Waals surface area contributed by atoms with E-state index in [-0.39, 0.29) is 0 Å². The fourth-order valence-corrected chi connectivity index (χ4v) is 2.15. The van der Waals surface area contributed by atoms with Crippen LogP contribution in [0.5, 0.6) is 5.75 Å². The highest BCUT2D eigenvalue weighted by atomic mass is 16.5. The lowest BCUT2D eigenvalue weighted by molar-refractivity contribution is 0.217. The molecule has 114 valence electrons. The van der Waals surface area contributed by atoms with Gasteiger partial charge < -0.3 is 15.4 Å². The van der Waals surface area contributed by atoms with Crippen molar-refractivity contribution in [2.75, 3.05) is 26.2 Å². The number of ether oxygens (including phenoxy) is 1. The third kappa shape index (κ3) is 6.40. The molecule has 0 aromatic heterocycles. The van der Waals surface area contributed by atoms with Crippen LogP contribution < -0.4 is 10.5 Å². The summed E-state index contributed by atoms with van der Waals surface area (Å²) in [6, 6.07) is 8.05. The number of nitrogens with two attached hydrogens (primary N) is 1. The Labute approximate surface area is 124 Å². The highest BCUT2D eigenvalue weighted by Crippen LogP contribution is 2.12. The number of nitrogens with zero attached hydrogens (tertiary/aromatic N) is 1. The lowest BCUT2D eigenvalue weighted by Crippen LogP contribution is -2.30. The predicted molar refractivity (Wildman–Crippen MR) is 86.0 cm³/mol. The van der Waals surface area contributed by atoms with Crippen molar-refractivity contribution in [2.45, 2.75) is 40.2 Å².